The number of fused-ring (bicyclic) bond motifs is 1. The molecule has 1 aliphatic rings. The highest BCUT2D eigenvalue weighted by molar-refractivity contribution is 7.92. The minimum absolute atomic E-state index is 0.127. The minimum atomic E-state index is -3.57. The molecule has 0 radical (unpaired) electrons. The molecule has 1 aliphatic heterocycles. The molecular weight excluding hydrogens is 350 g/mol. The van der Waals surface area contributed by atoms with Crippen molar-refractivity contribution in [3.8, 4) is 11.5 Å². The predicted molar refractivity (Wildman–Crippen MR) is 93.8 cm³/mol. The molecule has 0 amide bonds. The van der Waals surface area contributed by atoms with Crippen LogP contribution in [0.15, 0.2) is 53.9 Å². The van der Waals surface area contributed by atoms with E-state index in [2.05, 4.69) is 4.72 Å². The van der Waals surface area contributed by atoms with Gasteiger partial charge in [0, 0.05) is 10.4 Å². The molecule has 1 atom stereocenters. The SMILES string of the molecule is O=S(=O)(/C=C/c1ccc(Cl)cc1)NC[C@@H]1COc2ccccc2O1. The molecule has 0 saturated carbocycles. The lowest BCUT2D eigenvalue weighted by molar-refractivity contribution is 0.0943. The molecule has 0 aliphatic carbocycles. The van der Waals surface area contributed by atoms with Crippen LogP contribution in [0.5, 0.6) is 11.5 Å². The van der Waals surface area contributed by atoms with E-state index in [-0.39, 0.29) is 12.6 Å². The second-order valence-corrected chi connectivity index (χ2v) is 7.33. The van der Waals surface area contributed by atoms with Crippen LogP contribution in [0.3, 0.4) is 0 Å². The molecule has 0 spiro atoms. The Morgan fingerprint density at radius 1 is 1.12 bits per heavy atom. The van der Waals surface area contributed by atoms with Gasteiger partial charge in [-0.2, -0.15) is 0 Å². The van der Waals surface area contributed by atoms with E-state index in [4.69, 9.17) is 21.1 Å². The van der Waals surface area contributed by atoms with Gasteiger partial charge in [-0.1, -0.05) is 35.9 Å². The Balaban J connectivity index is 1.57. The number of sulfonamides is 1. The first-order valence-electron chi connectivity index (χ1n) is 7.34. The fourth-order valence-corrected chi connectivity index (χ4v) is 3.14. The summed E-state index contributed by atoms with van der Waals surface area (Å²) in [6.45, 7) is 0.419. The third-order valence-electron chi connectivity index (χ3n) is 3.39. The Morgan fingerprint density at radius 2 is 1.83 bits per heavy atom. The van der Waals surface area contributed by atoms with Gasteiger partial charge in [-0.3, -0.25) is 0 Å². The summed E-state index contributed by atoms with van der Waals surface area (Å²) in [5.41, 5.74) is 0.746. The zero-order valence-corrected chi connectivity index (χ0v) is 14.3. The Morgan fingerprint density at radius 3 is 2.58 bits per heavy atom. The molecule has 24 heavy (non-hydrogen) atoms. The number of hydrogen-bond donors (Lipinski definition) is 1. The van der Waals surface area contributed by atoms with Gasteiger partial charge in [0.05, 0.1) is 6.54 Å². The minimum Gasteiger partial charge on any atom is -0.486 e. The van der Waals surface area contributed by atoms with Crippen LogP contribution in [0.25, 0.3) is 6.08 Å². The van der Waals surface area contributed by atoms with Crippen molar-refractivity contribution in [2.75, 3.05) is 13.2 Å². The highest BCUT2D eigenvalue weighted by atomic mass is 35.5. The molecule has 5 nitrogen and oxygen atoms in total. The first-order valence-corrected chi connectivity index (χ1v) is 9.26. The van der Waals surface area contributed by atoms with Gasteiger partial charge in [0.15, 0.2) is 11.5 Å². The van der Waals surface area contributed by atoms with Gasteiger partial charge < -0.3 is 9.47 Å². The first kappa shape index (κ1) is 16.8. The van der Waals surface area contributed by atoms with E-state index >= 15 is 0 Å². The highest BCUT2D eigenvalue weighted by Gasteiger charge is 2.21. The van der Waals surface area contributed by atoms with E-state index in [9.17, 15) is 8.42 Å². The number of halogens is 1. The van der Waals surface area contributed by atoms with Crippen molar-refractivity contribution in [2.24, 2.45) is 0 Å². The zero-order chi connectivity index (χ0) is 17.0. The van der Waals surface area contributed by atoms with Crippen molar-refractivity contribution in [3.63, 3.8) is 0 Å². The van der Waals surface area contributed by atoms with Crippen molar-refractivity contribution in [1.29, 1.82) is 0 Å². The van der Waals surface area contributed by atoms with Crippen LogP contribution >= 0.6 is 11.6 Å². The fourth-order valence-electron chi connectivity index (χ4n) is 2.16. The maximum atomic E-state index is 12.0. The van der Waals surface area contributed by atoms with E-state index in [0.29, 0.717) is 23.1 Å². The molecule has 0 aromatic heterocycles. The summed E-state index contributed by atoms with van der Waals surface area (Å²) >= 11 is 5.79. The average Bonchev–Trinajstić information content (AvgIpc) is 2.59. The Hall–Kier alpha value is -2.02. The smallest absolute Gasteiger partial charge is 0.233 e. The molecule has 1 N–H and O–H groups in total. The largest absolute Gasteiger partial charge is 0.486 e. The maximum Gasteiger partial charge on any atom is 0.233 e. The zero-order valence-electron chi connectivity index (χ0n) is 12.7. The summed E-state index contributed by atoms with van der Waals surface area (Å²) in [4.78, 5) is 0. The van der Waals surface area contributed by atoms with Crippen LogP contribution in [0.2, 0.25) is 5.02 Å². The van der Waals surface area contributed by atoms with E-state index in [0.717, 1.165) is 11.0 Å². The van der Waals surface area contributed by atoms with Crippen molar-refractivity contribution in [1.82, 2.24) is 4.72 Å². The van der Waals surface area contributed by atoms with Gasteiger partial charge in [-0.15, -0.1) is 0 Å². The molecule has 0 fully saturated rings. The maximum absolute atomic E-state index is 12.0. The second kappa shape index (κ2) is 7.25. The Kier molecular flexibility index (Phi) is 5.08. The molecule has 126 valence electrons. The first-order chi connectivity index (χ1) is 11.5. The van der Waals surface area contributed by atoms with Crippen molar-refractivity contribution in [3.05, 3.63) is 64.5 Å². The highest BCUT2D eigenvalue weighted by Crippen LogP contribution is 2.30. The van der Waals surface area contributed by atoms with Crippen LogP contribution < -0.4 is 14.2 Å². The molecule has 1 heterocycles. The van der Waals surface area contributed by atoms with E-state index < -0.39 is 10.0 Å². The summed E-state index contributed by atoms with van der Waals surface area (Å²) in [6, 6.07) is 14.2. The van der Waals surface area contributed by atoms with E-state index in [1.54, 1.807) is 30.3 Å². The van der Waals surface area contributed by atoms with Crippen LogP contribution in [-0.4, -0.2) is 27.7 Å². The standard InChI is InChI=1S/C17H16ClNO4S/c18-14-7-5-13(6-8-14)9-10-24(20,21)19-11-15-12-22-16-3-1-2-4-17(16)23-15/h1-10,15,19H,11-12H2/b10-9+/t15-/m1/s1. The summed E-state index contributed by atoms with van der Waals surface area (Å²) in [7, 11) is -3.57. The predicted octanol–water partition coefficient (Wildman–Crippen LogP) is 3.07. The number of hydrogen-bond acceptors (Lipinski definition) is 4. The normalized spacial score (nSPS) is 17.1. The molecule has 7 heteroatoms. The quantitative estimate of drug-likeness (QED) is 0.884. The van der Waals surface area contributed by atoms with Crippen LogP contribution in [0, 0.1) is 0 Å². The molecule has 0 saturated heterocycles. The monoisotopic (exact) mass is 365 g/mol. The number of nitrogens with one attached hydrogen (secondary N) is 1. The number of ether oxygens (including phenoxy) is 2. The van der Waals surface area contributed by atoms with Gasteiger partial charge in [0.2, 0.25) is 10.0 Å². The van der Waals surface area contributed by atoms with Crippen LogP contribution in [-0.2, 0) is 10.0 Å². The topological polar surface area (TPSA) is 64.6 Å². The summed E-state index contributed by atoms with van der Waals surface area (Å²) in [5, 5.41) is 1.72. The van der Waals surface area contributed by atoms with Gasteiger partial charge in [-0.05, 0) is 35.9 Å². The fraction of sp³-hybridized carbons (Fsp3) is 0.176. The van der Waals surface area contributed by atoms with E-state index in [1.165, 1.54) is 6.08 Å². The number of benzene rings is 2. The van der Waals surface area contributed by atoms with Gasteiger partial charge >= 0.3 is 0 Å². The lowest BCUT2D eigenvalue weighted by Crippen LogP contribution is -2.40. The molecule has 0 bridgehead atoms. The van der Waals surface area contributed by atoms with Gasteiger partial charge in [0.1, 0.15) is 12.7 Å². The lowest BCUT2D eigenvalue weighted by Gasteiger charge is -2.26. The molecule has 2 aromatic carbocycles. The molecule has 2 aromatic rings. The second-order valence-electron chi connectivity index (χ2n) is 5.25. The number of rotatable bonds is 5. The summed E-state index contributed by atoms with van der Waals surface area (Å²) in [6.07, 6.45) is 1.13. The Bertz CT molecular complexity index is 834. The third kappa shape index (κ3) is 4.50. The molecule has 3 rings (SSSR count). The van der Waals surface area contributed by atoms with Gasteiger partial charge in [-0.25, -0.2) is 13.1 Å². The number of para-hydroxylation sites is 2. The van der Waals surface area contributed by atoms with Crippen molar-refractivity contribution < 1.29 is 17.9 Å². The lowest BCUT2D eigenvalue weighted by atomic mass is 10.2. The van der Waals surface area contributed by atoms with E-state index in [1.807, 2.05) is 18.2 Å². The summed E-state index contributed by atoms with van der Waals surface area (Å²) in [5.74, 6) is 1.28. The van der Waals surface area contributed by atoms with Crippen molar-refractivity contribution >= 4 is 27.7 Å². The third-order valence-corrected chi connectivity index (χ3v) is 4.70. The van der Waals surface area contributed by atoms with Gasteiger partial charge in [0.25, 0.3) is 0 Å². The van der Waals surface area contributed by atoms with Crippen molar-refractivity contribution in [2.45, 2.75) is 6.10 Å². The molecule has 0 unspecified atom stereocenters. The molecular formula is C17H16ClNO4S. The average molecular weight is 366 g/mol. The van der Waals surface area contributed by atoms with Crippen LogP contribution in [0.1, 0.15) is 5.56 Å². The Labute approximate surface area is 145 Å². The summed E-state index contributed by atoms with van der Waals surface area (Å²) < 4.78 is 37.8. The van der Waals surface area contributed by atoms with Crippen LogP contribution in [0.4, 0.5) is 0 Å².